The fourth-order valence-electron chi connectivity index (χ4n) is 3.13. The van der Waals surface area contributed by atoms with Crippen molar-refractivity contribution in [2.45, 2.75) is 26.7 Å². The standard InChI is InChI=1S/C17H21N3O/c1-12-7-13(2)9-14(8-12)10-18-16-5-3-15(4-6-16)17-20-19-11-21-17/h3-7,11-12,14,18H,8-10H2,1-2H3. The van der Waals surface area contributed by atoms with E-state index < -0.39 is 0 Å². The molecule has 2 aromatic rings. The average Bonchev–Trinajstić information content (AvgIpc) is 2.99. The van der Waals surface area contributed by atoms with Crippen LogP contribution in [0.15, 0.2) is 46.7 Å². The molecular formula is C17H21N3O. The second kappa shape index (κ2) is 6.12. The van der Waals surface area contributed by atoms with Gasteiger partial charge in [-0.3, -0.25) is 0 Å². The van der Waals surface area contributed by atoms with Gasteiger partial charge in [0.25, 0.3) is 0 Å². The molecule has 1 aromatic heterocycles. The molecule has 1 aliphatic carbocycles. The fraction of sp³-hybridized carbons (Fsp3) is 0.412. The number of hydrogen-bond donors (Lipinski definition) is 1. The zero-order valence-electron chi connectivity index (χ0n) is 12.5. The highest BCUT2D eigenvalue weighted by molar-refractivity contribution is 5.58. The molecule has 1 aromatic carbocycles. The van der Waals surface area contributed by atoms with Crippen molar-refractivity contribution >= 4 is 5.69 Å². The van der Waals surface area contributed by atoms with Gasteiger partial charge in [0.05, 0.1) is 0 Å². The van der Waals surface area contributed by atoms with Gasteiger partial charge in [-0.05, 0) is 55.9 Å². The Balaban J connectivity index is 1.58. The molecule has 0 amide bonds. The van der Waals surface area contributed by atoms with Crippen LogP contribution in [0.5, 0.6) is 0 Å². The molecule has 110 valence electrons. The lowest BCUT2D eigenvalue weighted by molar-refractivity contribution is 0.421. The second-order valence-electron chi connectivity index (χ2n) is 6.00. The Bertz CT molecular complexity index is 601. The number of aromatic nitrogens is 2. The van der Waals surface area contributed by atoms with Crippen molar-refractivity contribution in [1.29, 1.82) is 0 Å². The highest BCUT2D eigenvalue weighted by Crippen LogP contribution is 2.28. The molecule has 4 nitrogen and oxygen atoms in total. The Hall–Kier alpha value is -2.10. The van der Waals surface area contributed by atoms with Crippen LogP contribution in [-0.4, -0.2) is 16.7 Å². The molecule has 2 unspecified atom stereocenters. The number of hydrogen-bond acceptors (Lipinski definition) is 4. The van der Waals surface area contributed by atoms with Crippen molar-refractivity contribution < 1.29 is 4.42 Å². The van der Waals surface area contributed by atoms with Gasteiger partial charge in [-0.25, -0.2) is 0 Å². The van der Waals surface area contributed by atoms with Crippen molar-refractivity contribution in [3.8, 4) is 11.5 Å². The van der Waals surface area contributed by atoms with E-state index in [9.17, 15) is 0 Å². The minimum Gasteiger partial charge on any atom is -0.423 e. The normalized spacial score (nSPS) is 21.9. The van der Waals surface area contributed by atoms with E-state index in [2.05, 4.69) is 47.6 Å². The largest absolute Gasteiger partial charge is 0.423 e. The van der Waals surface area contributed by atoms with Gasteiger partial charge in [0.1, 0.15) is 0 Å². The number of nitrogens with zero attached hydrogens (tertiary/aromatic N) is 2. The maximum absolute atomic E-state index is 5.19. The molecule has 2 atom stereocenters. The zero-order chi connectivity index (χ0) is 14.7. The number of anilines is 1. The van der Waals surface area contributed by atoms with Gasteiger partial charge >= 0.3 is 0 Å². The van der Waals surface area contributed by atoms with Gasteiger partial charge in [0, 0.05) is 17.8 Å². The molecule has 21 heavy (non-hydrogen) atoms. The first kappa shape index (κ1) is 13.9. The number of benzene rings is 1. The maximum atomic E-state index is 5.19. The highest BCUT2D eigenvalue weighted by Gasteiger charge is 2.17. The summed E-state index contributed by atoms with van der Waals surface area (Å²) in [6.07, 6.45) is 6.22. The van der Waals surface area contributed by atoms with Crippen LogP contribution in [0.3, 0.4) is 0 Å². The van der Waals surface area contributed by atoms with Crippen LogP contribution in [0.4, 0.5) is 5.69 Å². The summed E-state index contributed by atoms with van der Waals surface area (Å²) >= 11 is 0. The SMILES string of the molecule is CC1=CC(C)CC(CNc2ccc(-c3nnco3)cc2)C1. The van der Waals surface area contributed by atoms with E-state index in [0.717, 1.165) is 23.7 Å². The predicted octanol–water partition coefficient (Wildman–Crippen LogP) is 4.14. The Morgan fingerprint density at radius 1 is 1.29 bits per heavy atom. The molecule has 1 heterocycles. The van der Waals surface area contributed by atoms with Crippen LogP contribution in [0.1, 0.15) is 26.7 Å². The van der Waals surface area contributed by atoms with Gasteiger partial charge < -0.3 is 9.73 Å². The summed E-state index contributed by atoms with van der Waals surface area (Å²) in [7, 11) is 0. The topological polar surface area (TPSA) is 51.0 Å². The van der Waals surface area contributed by atoms with Crippen molar-refractivity contribution in [1.82, 2.24) is 10.2 Å². The minimum absolute atomic E-state index is 0.559. The van der Waals surface area contributed by atoms with Gasteiger partial charge in [-0.2, -0.15) is 0 Å². The quantitative estimate of drug-likeness (QED) is 0.857. The Kier molecular flexibility index (Phi) is 4.04. The van der Waals surface area contributed by atoms with E-state index in [4.69, 9.17) is 4.42 Å². The first-order valence-corrected chi connectivity index (χ1v) is 7.48. The smallest absolute Gasteiger partial charge is 0.247 e. The van der Waals surface area contributed by atoms with E-state index in [-0.39, 0.29) is 0 Å². The van der Waals surface area contributed by atoms with E-state index in [0.29, 0.717) is 11.8 Å². The molecule has 4 heteroatoms. The molecule has 0 bridgehead atoms. The monoisotopic (exact) mass is 283 g/mol. The molecule has 0 aliphatic heterocycles. The summed E-state index contributed by atoms with van der Waals surface area (Å²) in [5, 5.41) is 11.1. The number of allylic oxidation sites excluding steroid dienone is 2. The van der Waals surface area contributed by atoms with Crippen molar-refractivity contribution in [2.24, 2.45) is 11.8 Å². The van der Waals surface area contributed by atoms with Crippen molar-refractivity contribution in [3.63, 3.8) is 0 Å². The molecule has 0 fully saturated rings. The molecule has 0 saturated carbocycles. The lowest BCUT2D eigenvalue weighted by Gasteiger charge is -2.26. The minimum atomic E-state index is 0.559. The van der Waals surface area contributed by atoms with E-state index >= 15 is 0 Å². The van der Waals surface area contributed by atoms with Gasteiger partial charge in [-0.1, -0.05) is 18.6 Å². The first-order valence-electron chi connectivity index (χ1n) is 7.48. The number of nitrogens with one attached hydrogen (secondary N) is 1. The van der Waals surface area contributed by atoms with Crippen LogP contribution in [0.25, 0.3) is 11.5 Å². The highest BCUT2D eigenvalue weighted by atomic mass is 16.4. The van der Waals surface area contributed by atoms with Crippen LogP contribution < -0.4 is 5.32 Å². The molecule has 0 saturated heterocycles. The molecule has 3 rings (SSSR count). The van der Waals surface area contributed by atoms with Gasteiger partial charge in [0.2, 0.25) is 12.3 Å². The summed E-state index contributed by atoms with van der Waals surface area (Å²) < 4.78 is 5.19. The van der Waals surface area contributed by atoms with Crippen LogP contribution in [0, 0.1) is 11.8 Å². The fourth-order valence-corrected chi connectivity index (χ4v) is 3.13. The molecule has 0 radical (unpaired) electrons. The summed E-state index contributed by atoms with van der Waals surface area (Å²) in [6.45, 7) is 5.56. The first-order chi connectivity index (χ1) is 10.2. The molecule has 1 N–H and O–H groups in total. The van der Waals surface area contributed by atoms with Crippen molar-refractivity contribution in [2.75, 3.05) is 11.9 Å². The van der Waals surface area contributed by atoms with Crippen LogP contribution in [-0.2, 0) is 0 Å². The summed E-state index contributed by atoms with van der Waals surface area (Å²) in [5.41, 5.74) is 3.61. The third kappa shape index (κ3) is 3.51. The lowest BCUT2D eigenvalue weighted by atomic mass is 9.84. The van der Waals surface area contributed by atoms with E-state index in [1.54, 1.807) is 0 Å². The lowest BCUT2D eigenvalue weighted by Crippen LogP contribution is -2.20. The van der Waals surface area contributed by atoms with Crippen LogP contribution >= 0.6 is 0 Å². The zero-order valence-corrected chi connectivity index (χ0v) is 12.5. The summed E-state index contributed by atoms with van der Waals surface area (Å²) in [5.74, 6) is 1.98. The maximum Gasteiger partial charge on any atom is 0.247 e. The average molecular weight is 283 g/mol. The predicted molar refractivity (Wildman–Crippen MR) is 83.9 cm³/mol. The van der Waals surface area contributed by atoms with Crippen molar-refractivity contribution in [3.05, 3.63) is 42.3 Å². The Morgan fingerprint density at radius 2 is 2.10 bits per heavy atom. The molecule has 1 aliphatic rings. The van der Waals surface area contributed by atoms with Crippen LogP contribution in [0.2, 0.25) is 0 Å². The van der Waals surface area contributed by atoms with E-state index in [1.807, 2.05) is 12.1 Å². The van der Waals surface area contributed by atoms with Gasteiger partial charge in [0.15, 0.2) is 0 Å². The Labute approximate surface area is 125 Å². The van der Waals surface area contributed by atoms with Gasteiger partial charge in [-0.15, -0.1) is 10.2 Å². The summed E-state index contributed by atoms with van der Waals surface area (Å²) in [6, 6.07) is 8.14. The number of rotatable bonds is 4. The second-order valence-corrected chi connectivity index (χ2v) is 6.00. The molecule has 0 spiro atoms. The Morgan fingerprint density at radius 3 is 2.76 bits per heavy atom. The third-order valence-corrected chi connectivity index (χ3v) is 3.97. The summed E-state index contributed by atoms with van der Waals surface area (Å²) in [4.78, 5) is 0. The third-order valence-electron chi connectivity index (χ3n) is 3.97. The molecular weight excluding hydrogens is 262 g/mol. The van der Waals surface area contributed by atoms with E-state index in [1.165, 1.54) is 24.8 Å².